The molecule has 0 saturated carbocycles. The van der Waals surface area contributed by atoms with E-state index >= 15 is 0 Å². The molecule has 0 saturated heterocycles. The Balaban J connectivity index is 1.51. The number of anilines is 2. The van der Waals surface area contributed by atoms with E-state index in [1.165, 1.54) is 32.3 Å². The van der Waals surface area contributed by atoms with E-state index in [2.05, 4.69) is 85.1 Å². The number of nitrogens with one attached hydrogen (secondary N) is 2. The molecule has 0 aliphatic heterocycles. The van der Waals surface area contributed by atoms with E-state index in [1.54, 1.807) is 0 Å². The Hall–Kier alpha value is -2.26. The molecule has 1 aromatic heterocycles. The summed E-state index contributed by atoms with van der Waals surface area (Å²) >= 11 is 1.85. The van der Waals surface area contributed by atoms with Gasteiger partial charge in [-0.3, -0.25) is 0 Å². The van der Waals surface area contributed by atoms with Gasteiger partial charge in [0.05, 0.1) is 0 Å². The summed E-state index contributed by atoms with van der Waals surface area (Å²) in [6, 6.07) is 21.5. The summed E-state index contributed by atoms with van der Waals surface area (Å²) in [6.07, 6.45) is 0. The van der Waals surface area contributed by atoms with Crippen LogP contribution in [-0.2, 0) is 13.1 Å². The van der Waals surface area contributed by atoms with Crippen molar-refractivity contribution >= 4 is 22.7 Å². The predicted octanol–water partition coefficient (Wildman–Crippen LogP) is 5.59. The average Bonchev–Trinajstić information content (AvgIpc) is 3.02. The number of benzene rings is 2. The first-order valence-electron chi connectivity index (χ1n) is 7.88. The molecule has 118 valence electrons. The van der Waals surface area contributed by atoms with E-state index in [0.717, 1.165) is 13.1 Å². The van der Waals surface area contributed by atoms with Crippen LogP contribution in [0.3, 0.4) is 0 Å². The number of hydrogen-bond acceptors (Lipinski definition) is 3. The fourth-order valence-corrected chi connectivity index (χ4v) is 3.23. The molecule has 3 rings (SSSR count). The molecule has 2 aromatic carbocycles. The van der Waals surface area contributed by atoms with Crippen molar-refractivity contribution in [2.24, 2.45) is 0 Å². The van der Waals surface area contributed by atoms with E-state index in [4.69, 9.17) is 0 Å². The van der Waals surface area contributed by atoms with Crippen LogP contribution >= 0.6 is 11.3 Å². The number of hydrogen-bond donors (Lipinski definition) is 2. The molecule has 23 heavy (non-hydrogen) atoms. The maximum Gasteiger partial charge on any atom is 0.0494 e. The molecule has 3 aromatic rings. The summed E-state index contributed by atoms with van der Waals surface area (Å²) in [5.41, 5.74) is 4.92. The fourth-order valence-electron chi connectivity index (χ4n) is 2.33. The van der Waals surface area contributed by atoms with Crippen LogP contribution in [0.5, 0.6) is 0 Å². The molecule has 2 N–H and O–H groups in total. The lowest BCUT2D eigenvalue weighted by molar-refractivity contribution is 1.19. The van der Waals surface area contributed by atoms with Crippen LogP contribution in [0.25, 0.3) is 0 Å². The minimum atomic E-state index is 0.873. The van der Waals surface area contributed by atoms with Gasteiger partial charge in [0.25, 0.3) is 0 Å². The first kappa shape index (κ1) is 15.6. The number of rotatable bonds is 6. The normalized spacial score (nSPS) is 10.5. The summed E-state index contributed by atoms with van der Waals surface area (Å²) in [5.74, 6) is 0. The van der Waals surface area contributed by atoms with Crippen molar-refractivity contribution in [3.05, 3.63) is 81.5 Å². The third-order valence-electron chi connectivity index (χ3n) is 3.75. The Bertz CT molecular complexity index is 678. The highest BCUT2D eigenvalue weighted by atomic mass is 32.1. The van der Waals surface area contributed by atoms with Gasteiger partial charge in [0.1, 0.15) is 0 Å². The van der Waals surface area contributed by atoms with E-state index < -0.39 is 0 Å². The SMILES string of the molecule is Cc1ccc(NCc2ccc(CNc3ccc(C)cc3)s2)cc1. The quantitative estimate of drug-likeness (QED) is 0.618. The standard InChI is InChI=1S/C20H22N2S/c1-15-3-7-17(8-4-15)21-13-19-11-12-20(23-19)14-22-18-9-5-16(2)6-10-18/h3-12,21-22H,13-14H2,1-2H3. The molecule has 0 bridgehead atoms. The molecule has 0 radical (unpaired) electrons. The maximum atomic E-state index is 3.47. The van der Waals surface area contributed by atoms with Gasteiger partial charge in [0.2, 0.25) is 0 Å². The van der Waals surface area contributed by atoms with Gasteiger partial charge < -0.3 is 10.6 Å². The van der Waals surface area contributed by atoms with Crippen molar-refractivity contribution in [1.82, 2.24) is 0 Å². The minimum absolute atomic E-state index is 0.873. The third kappa shape index (κ3) is 4.60. The Morgan fingerprint density at radius 3 is 1.39 bits per heavy atom. The third-order valence-corrected chi connectivity index (χ3v) is 4.84. The molecule has 2 nitrogen and oxygen atoms in total. The zero-order chi connectivity index (χ0) is 16.1. The molecular weight excluding hydrogens is 300 g/mol. The Morgan fingerprint density at radius 1 is 0.609 bits per heavy atom. The van der Waals surface area contributed by atoms with Crippen LogP contribution < -0.4 is 10.6 Å². The zero-order valence-electron chi connectivity index (χ0n) is 13.6. The van der Waals surface area contributed by atoms with E-state index in [9.17, 15) is 0 Å². The van der Waals surface area contributed by atoms with Crippen molar-refractivity contribution in [1.29, 1.82) is 0 Å². The first-order chi connectivity index (χ1) is 11.2. The van der Waals surface area contributed by atoms with Crippen molar-refractivity contribution in [3.8, 4) is 0 Å². The lowest BCUT2D eigenvalue weighted by Crippen LogP contribution is -1.97. The maximum absolute atomic E-state index is 3.47. The summed E-state index contributed by atoms with van der Waals surface area (Å²) in [6.45, 7) is 5.96. The monoisotopic (exact) mass is 322 g/mol. The average molecular weight is 322 g/mol. The highest BCUT2D eigenvalue weighted by Gasteiger charge is 2.01. The number of aryl methyl sites for hydroxylation is 2. The van der Waals surface area contributed by atoms with Crippen LogP contribution in [0.2, 0.25) is 0 Å². The molecule has 0 aliphatic rings. The second-order valence-electron chi connectivity index (χ2n) is 5.81. The van der Waals surface area contributed by atoms with Gasteiger partial charge >= 0.3 is 0 Å². The molecule has 0 aliphatic carbocycles. The van der Waals surface area contributed by atoms with Crippen molar-refractivity contribution in [2.75, 3.05) is 10.6 Å². The molecule has 0 spiro atoms. The smallest absolute Gasteiger partial charge is 0.0494 e. The topological polar surface area (TPSA) is 24.1 Å². The molecule has 0 fully saturated rings. The molecule has 0 amide bonds. The number of thiophene rings is 1. The zero-order valence-corrected chi connectivity index (χ0v) is 14.4. The molecule has 1 heterocycles. The molecule has 0 atom stereocenters. The summed E-state index contributed by atoms with van der Waals surface area (Å²) < 4.78 is 0. The first-order valence-corrected chi connectivity index (χ1v) is 8.69. The predicted molar refractivity (Wildman–Crippen MR) is 101 cm³/mol. The van der Waals surface area contributed by atoms with E-state index in [-0.39, 0.29) is 0 Å². The van der Waals surface area contributed by atoms with Crippen LogP contribution in [0.15, 0.2) is 60.7 Å². The Kier molecular flexibility index (Phi) is 4.99. The Morgan fingerprint density at radius 2 is 1.00 bits per heavy atom. The van der Waals surface area contributed by atoms with Crippen LogP contribution in [-0.4, -0.2) is 0 Å². The van der Waals surface area contributed by atoms with Gasteiger partial charge in [0, 0.05) is 34.2 Å². The molecular formula is C20H22N2S. The summed E-state index contributed by atoms with van der Waals surface area (Å²) in [7, 11) is 0. The summed E-state index contributed by atoms with van der Waals surface area (Å²) in [4.78, 5) is 2.71. The second-order valence-corrected chi connectivity index (χ2v) is 7.06. The van der Waals surface area contributed by atoms with Gasteiger partial charge in [-0.25, -0.2) is 0 Å². The van der Waals surface area contributed by atoms with Crippen molar-refractivity contribution in [3.63, 3.8) is 0 Å². The van der Waals surface area contributed by atoms with Gasteiger partial charge in [0.15, 0.2) is 0 Å². The molecule has 3 heteroatoms. The lowest BCUT2D eigenvalue weighted by Gasteiger charge is -2.06. The van der Waals surface area contributed by atoms with Crippen molar-refractivity contribution in [2.45, 2.75) is 26.9 Å². The van der Waals surface area contributed by atoms with Gasteiger partial charge in [-0.1, -0.05) is 35.4 Å². The van der Waals surface area contributed by atoms with Gasteiger partial charge in [-0.2, -0.15) is 0 Å². The Labute approximate surface area is 142 Å². The second kappa shape index (κ2) is 7.34. The van der Waals surface area contributed by atoms with Crippen LogP contribution in [0, 0.1) is 13.8 Å². The van der Waals surface area contributed by atoms with Gasteiger partial charge in [-0.15, -0.1) is 11.3 Å². The lowest BCUT2D eigenvalue weighted by atomic mass is 10.2. The highest BCUT2D eigenvalue weighted by molar-refractivity contribution is 7.12. The van der Waals surface area contributed by atoms with Crippen LogP contribution in [0.1, 0.15) is 20.9 Å². The van der Waals surface area contributed by atoms with Crippen LogP contribution in [0.4, 0.5) is 11.4 Å². The van der Waals surface area contributed by atoms with Gasteiger partial charge in [-0.05, 0) is 50.2 Å². The van der Waals surface area contributed by atoms with Crippen molar-refractivity contribution < 1.29 is 0 Å². The minimum Gasteiger partial charge on any atom is -0.380 e. The largest absolute Gasteiger partial charge is 0.380 e. The summed E-state index contributed by atoms with van der Waals surface area (Å²) in [5, 5.41) is 6.94. The fraction of sp³-hybridized carbons (Fsp3) is 0.200. The molecule has 0 unspecified atom stereocenters. The van der Waals surface area contributed by atoms with E-state index in [0.29, 0.717) is 0 Å². The highest BCUT2D eigenvalue weighted by Crippen LogP contribution is 2.20. The van der Waals surface area contributed by atoms with E-state index in [1.807, 2.05) is 11.3 Å².